The number of carboxylic acids is 1. The summed E-state index contributed by atoms with van der Waals surface area (Å²) < 4.78 is 81.9. The van der Waals surface area contributed by atoms with Crippen LogP contribution >= 0.6 is 0 Å². The molecule has 0 saturated carbocycles. The van der Waals surface area contributed by atoms with Gasteiger partial charge in [-0.3, -0.25) is 4.79 Å². The lowest BCUT2D eigenvalue weighted by molar-refractivity contribution is -0.143. The molecule has 0 fully saturated rings. The van der Waals surface area contributed by atoms with E-state index in [0.29, 0.717) is 25.9 Å². The summed E-state index contributed by atoms with van der Waals surface area (Å²) in [7, 11) is 1.52. The van der Waals surface area contributed by atoms with Crippen molar-refractivity contribution in [3.63, 3.8) is 0 Å². The number of halogens is 6. The van der Waals surface area contributed by atoms with E-state index in [1.54, 1.807) is 0 Å². The molecule has 4 rings (SSSR count). The van der Waals surface area contributed by atoms with E-state index >= 15 is 0 Å². The Balaban J connectivity index is 1.74. The van der Waals surface area contributed by atoms with E-state index in [1.807, 2.05) is 6.92 Å². The second kappa shape index (κ2) is 13.3. The Morgan fingerprint density at radius 3 is 2.09 bits per heavy atom. The molecule has 0 aliphatic heterocycles. The average Bonchev–Trinajstić information content (AvgIpc) is 3.58. The quantitative estimate of drug-likeness (QED) is 0.200. The summed E-state index contributed by atoms with van der Waals surface area (Å²) in [5.74, 6) is -0.785. The molecule has 2 aromatic carbocycles. The summed E-state index contributed by atoms with van der Waals surface area (Å²) in [4.78, 5) is 16.0. The van der Waals surface area contributed by atoms with Gasteiger partial charge in [-0.25, -0.2) is 0 Å². The fourth-order valence-electron chi connectivity index (χ4n) is 5.90. The van der Waals surface area contributed by atoms with Crippen molar-refractivity contribution in [2.24, 2.45) is 12.5 Å². The highest BCUT2D eigenvalue weighted by Gasteiger charge is 2.37. The van der Waals surface area contributed by atoms with Gasteiger partial charge in [0.15, 0.2) is 0 Å². The molecule has 246 valence electrons. The molecule has 1 aliphatic carbocycles. The Kier molecular flexibility index (Phi) is 10.0. The second-order valence-corrected chi connectivity index (χ2v) is 12.4. The minimum absolute atomic E-state index is 0.0620. The molecular weight excluding hydrogens is 602 g/mol. The van der Waals surface area contributed by atoms with Crippen LogP contribution in [0.15, 0.2) is 30.3 Å². The molecule has 45 heavy (non-hydrogen) atoms. The van der Waals surface area contributed by atoms with E-state index in [9.17, 15) is 31.1 Å². The van der Waals surface area contributed by atoms with Gasteiger partial charge in [0.25, 0.3) is 5.95 Å². The number of rotatable bonds is 13. The zero-order valence-corrected chi connectivity index (χ0v) is 25.8. The van der Waals surface area contributed by atoms with Crippen molar-refractivity contribution in [3.05, 3.63) is 63.7 Å². The van der Waals surface area contributed by atoms with Gasteiger partial charge in [-0.2, -0.15) is 31.1 Å². The Hall–Kier alpha value is -3.84. The number of hydrogen-bond acceptors (Lipinski definition) is 6. The third-order valence-corrected chi connectivity index (χ3v) is 8.04. The maximum atomic E-state index is 13.7. The molecule has 1 aliphatic rings. The average molecular weight is 641 g/mol. The fraction of sp³-hybridized carbons (Fsp3) is 0.548. The summed E-state index contributed by atoms with van der Waals surface area (Å²) >= 11 is 0. The van der Waals surface area contributed by atoms with Crippen LogP contribution in [0, 0.1) is 5.41 Å². The number of fused-ring (bicyclic) bond motifs is 1. The van der Waals surface area contributed by atoms with Crippen molar-refractivity contribution in [1.82, 2.24) is 20.2 Å². The third kappa shape index (κ3) is 8.88. The number of aromatic nitrogens is 4. The van der Waals surface area contributed by atoms with E-state index in [0.717, 1.165) is 48.2 Å². The molecule has 0 unspecified atom stereocenters. The molecular formula is C31H38F6N6O2. The zero-order chi connectivity index (χ0) is 33.2. The number of anilines is 2. The Morgan fingerprint density at radius 1 is 0.933 bits per heavy atom. The van der Waals surface area contributed by atoms with Crippen LogP contribution < -0.4 is 9.80 Å². The van der Waals surface area contributed by atoms with E-state index in [-0.39, 0.29) is 42.5 Å². The summed E-state index contributed by atoms with van der Waals surface area (Å²) in [6.45, 7) is 7.16. The smallest absolute Gasteiger partial charge is 0.416 e. The number of benzene rings is 2. The van der Waals surface area contributed by atoms with Gasteiger partial charge in [0, 0.05) is 38.3 Å². The molecule has 0 saturated heterocycles. The van der Waals surface area contributed by atoms with Crippen molar-refractivity contribution in [2.45, 2.75) is 84.7 Å². The number of tetrazole rings is 1. The van der Waals surface area contributed by atoms with Gasteiger partial charge in [-0.15, -0.1) is 5.10 Å². The number of alkyl halides is 6. The standard InChI is InChI=1S/C31H38F6N6O2/c1-5-42(19-29(2,3)11-7-10-27(44)45)26-15-22-9-6-8-21(22)14-23(26)18-43(28-38-40-41(4)39-28)17-20-12-24(30(32,33)34)16-25(13-20)31(35,36)37/h12-16H,5-11,17-19H2,1-4H3,(H,44,45). The minimum Gasteiger partial charge on any atom is -0.481 e. The van der Waals surface area contributed by atoms with Crippen molar-refractivity contribution >= 4 is 17.6 Å². The lowest BCUT2D eigenvalue weighted by atomic mass is 9.86. The molecule has 1 aromatic heterocycles. The van der Waals surface area contributed by atoms with Crippen LogP contribution in [0.1, 0.15) is 79.8 Å². The van der Waals surface area contributed by atoms with Gasteiger partial charge in [0.1, 0.15) is 0 Å². The zero-order valence-electron chi connectivity index (χ0n) is 25.8. The summed E-state index contributed by atoms with van der Waals surface area (Å²) in [5.41, 5.74) is 0.871. The van der Waals surface area contributed by atoms with Crippen molar-refractivity contribution in [1.29, 1.82) is 0 Å². The van der Waals surface area contributed by atoms with Crippen LogP contribution in [0.2, 0.25) is 0 Å². The van der Waals surface area contributed by atoms with Crippen molar-refractivity contribution in [3.8, 4) is 0 Å². The molecule has 0 atom stereocenters. The van der Waals surface area contributed by atoms with Crippen LogP contribution in [0.4, 0.5) is 38.0 Å². The van der Waals surface area contributed by atoms with Crippen LogP contribution in [0.5, 0.6) is 0 Å². The van der Waals surface area contributed by atoms with E-state index in [1.165, 1.54) is 22.3 Å². The first-order chi connectivity index (χ1) is 20.9. The molecule has 0 bridgehead atoms. The molecule has 0 amide bonds. The van der Waals surface area contributed by atoms with Crippen molar-refractivity contribution < 1.29 is 36.2 Å². The predicted molar refractivity (Wildman–Crippen MR) is 157 cm³/mol. The van der Waals surface area contributed by atoms with E-state index in [2.05, 4.69) is 46.3 Å². The van der Waals surface area contributed by atoms with Gasteiger partial charge in [-0.1, -0.05) is 25.0 Å². The van der Waals surface area contributed by atoms with E-state index in [4.69, 9.17) is 5.11 Å². The maximum absolute atomic E-state index is 13.7. The molecule has 8 nitrogen and oxygen atoms in total. The number of carboxylic acid groups (broad SMARTS) is 1. The minimum atomic E-state index is -4.97. The fourth-order valence-corrected chi connectivity index (χ4v) is 5.90. The highest BCUT2D eigenvalue weighted by molar-refractivity contribution is 5.66. The van der Waals surface area contributed by atoms with Gasteiger partial charge < -0.3 is 14.9 Å². The first kappa shape index (κ1) is 34.0. The third-order valence-electron chi connectivity index (χ3n) is 8.04. The molecule has 1 N–H and O–H groups in total. The summed E-state index contributed by atoms with van der Waals surface area (Å²) in [6.07, 6.45) is -5.92. The lowest BCUT2D eigenvalue weighted by Gasteiger charge is -2.36. The number of aliphatic carboxylic acids is 1. The van der Waals surface area contributed by atoms with Crippen LogP contribution in [0.3, 0.4) is 0 Å². The lowest BCUT2D eigenvalue weighted by Crippen LogP contribution is -2.36. The number of aryl methyl sites for hydroxylation is 3. The van der Waals surface area contributed by atoms with Gasteiger partial charge >= 0.3 is 18.3 Å². The number of carbonyl (C=O) groups is 1. The van der Waals surface area contributed by atoms with Crippen LogP contribution in [-0.2, 0) is 50.1 Å². The van der Waals surface area contributed by atoms with Crippen molar-refractivity contribution in [2.75, 3.05) is 22.9 Å². The number of nitrogens with zero attached hydrogens (tertiary/aromatic N) is 6. The Bertz CT molecular complexity index is 1470. The summed E-state index contributed by atoms with van der Waals surface area (Å²) in [5, 5.41) is 21.2. The second-order valence-electron chi connectivity index (χ2n) is 12.4. The first-order valence-electron chi connectivity index (χ1n) is 14.8. The number of hydrogen-bond donors (Lipinski definition) is 1. The van der Waals surface area contributed by atoms with Crippen LogP contribution in [-0.4, -0.2) is 44.4 Å². The Morgan fingerprint density at radius 2 is 1.56 bits per heavy atom. The molecule has 1 heterocycles. The topological polar surface area (TPSA) is 87.4 Å². The Labute approximate surface area is 258 Å². The monoisotopic (exact) mass is 640 g/mol. The maximum Gasteiger partial charge on any atom is 0.416 e. The molecule has 3 aromatic rings. The largest absolute Gasteiger partial charge is 0.481 e. The summed E-state index contributed by atoms with van der Waals surface area (Å²) in [6, 6.07) is 5.75. The predicted octanol–water partition coefficient (Wildman–Crippen LogP) is 7.05. The molecule has 14 heteroatoms. The highest BCUT2D eigenvalue weighted by atomic mass is 19.4. The molecule has 0 radical (unpaired) electrons. The van der Waals surface area contributed by atoms with Gasteiger partial charge in [0.05, 0.1) is 18.2 Å². The van der Waals surface area contributed by atoms with E-state index < -0.39 is 29.4 Å². The first-order valence-corrected chi connectivity index (χ1v) is 14.8. The van der Waals surface area contributed by atoms with Crippen LogP contribution in [0.25, 0.3) is 0 Å². The van der Waals surface area contributed by atoms with Gasteiger partial charge in [-0.05, 0) is 96.2 Å². The van der Waals surface area contributed by atoms with Gasteiger partial charge in [0.2, 0.25) is 0 Å². The molecule has 0 spiro atoms. The highest BCUT2D eigenvalue weighted by Crippen LogP contribution is 2.38. The normalized spacial score (nSPS) is 13.6. The SMILES string of the molecule is CCN(CC(C)(C)CCCC(=O)O)c1cc2c(cc1CN(Cc1cc(C(F)(F)F)cc(C(F)(F)F)c1)c1nnn(C)n1)CCC2.